The fourth-order valence-corrected chi connectivity index (χ4v) is 2.32. The van der Waals surface area contributed by atoms with Crippen LogP contribution in [0, 0.1) is 0 Å². The number of nitrogens with zero attached hydrogens (tertiary/aromatic N) is 1. The van der Waals surface area contributed by atoms with E-state index >= 15 is 0 Å². The van der Waals surface area contributed by atoms with E-state index in [0.717, 1.165) is 11.3 Å². The maximum Gasteiger partial charge on any atom is 0.339 e. The summed E-state index contributed by atoms with van der Waals surface area (Å²) in [7, 11) is 0. The molecule has 0 spiro atoms. The van der Waals surface area contributed by atoms with Gasteiger partial charge in [0.1, 0.15) is 22.8 Å². The molecule has 0 unspecified atom stereocenters. The van der Waals surface area contributed by atoms with Crippen molar-refractivity contribution >= 4 is 5.97 Å². The van der Waals surface area contributed by atoms with Crippen molar-refractivity contribution in [1.82, 2.24) is 16.5 Å². The largest absolute Gasteiger partial charge is 0.507 e. The number of aromatic hydroxyl groups is 1. The molecule has 0 aliphatic carbocycles. The van der Waals surface area contributed by atoms with Gasteiger partial charge in [0.2, 0.25) is 0 Å². The fraction of sp³-hybridized carbons (Fsp3) is 0.111. The monoisotopic (exact) mass is 341 g/mol. The number of benzene rings is 1. The Labute approximate surface area is 144 Å². The number of carbonyl (C=O) groups is 1. The summed E-state index contributed by atoms with van der Waals surface area (Å²) in [4.78, 5) is 15.1. The van der Waals surface area contributed by atoms with E-state index in [0.29, 0.717) is 24.4 Å². The number of furan rings is 1. The maximum atomic E-state index is 11.1. The molecule has 2 heterocycles. The molecule has 0 atom stereocenters. The van der Waals surface area contributed by atoms with Gasteiger partial charge in [-0.2, -0.15) is 0 Å². The summed E-state index contributed by atoms with van der Waals surface area (Å²) in [5, 5.41) is 21.9. The molecule has 1 aromatic carbocycles. The Morgan fingerprint density at radius 3 is 2.72 bits per heavy atom. The molecule has 3 rings (SSSR count). The molecular weight excluding hydrogens is 322 g/mol. The number of nitrogens with one attached hydrogen (secondary N) is 1. The predicted octanol–water partition coefficient (Wildman–Crippen LogP) is 3.20. The summed E-state index contributed by atoms with van der Waals surface area (Å²) in [5.41, 5.74) is 1.53. The smallest absolute Gasteiger partial charge is 0.339 e. The minimum Gasteiger partial charge on any atom is -0.507 e. The first-order chi connectivity index (χ1) is 11.6. The van der Waals surface area contributed by atoms with Gasteiger partial charge in [-0.05, 0) is 42.0 Å². The van der Waals surface area contributed by atoms with Gasteiger partial charge in [0.25, 0.3) is 0 Å². The molecule has 0 aliphatic heterocycles. The van der Waals surface area contributed by atoms with Crippen LogP contribution < -0.4 is 11.5 Å². The highest BCUT2D eigenvalue weighted by Gasteiger charge is 2.13. The normalized spacial score (nSPS) is 10.2. The molecule has 0 aliphatic rings. The molecule has 130 valence electrons. The van der Waals surface area contributed by atoms with E-state index in [-0.39, 0.29) is 17.5 Å². The molecule has 3 aromatic rings. The third-order valence-corrected chi connectivity index (χ3v) is 3.52. The quantitative estimate of drug-likeness (QED) is 0.541. The highest BCUT2D eigenvalue weighted by Crippen LogP contribution is 2.27. The number of hydrogen-bond acceptors (Lipinski definition) is 6. The third-order valence-electron chi connectivity index (χ3n) is 3.52. The van der Waals surface area contributed by atoms with E-state index < -0.39 is 5.97 Å². The van der Waals surface area contributed by atoms with Crippen LogP contribution in [0.15, 0.2) is 59.3 Å². The third kappa shape index (κ3) is 4.43. The van der Waals surface area contributed by atoms with Crippen molar-refractivity contribution in [2.75, 3.05) is 0 Å². The lowest BCUT2D eigenvalue weighted by Gasteiger charge is -2.04. The van der Waals surface area contributed by atoms with Gasteiger partial charge in [-0.25, -0.2) is 4.79 Å². The minimum absolute atomic E-state index is 0. The van der Waals surface area contributed by atoms with Crippen LogP contribution in [0.4, 0.5) is 0 Å². The number of aromatic nitrogens is 1. The van der Waals surface area contributed by atoms with E-state index in [9.17, 15) is 9.90 Å². The molecule has 0 radical (unpaired) electrons. The van der Waals surface area contributed by atoms with Crippen molar-refractivity contribution < 1.29 is 19.4 Å². The summed E-state index contributed by atoms with van der Waals surface area (Å²) < 4.78 is 5.73. The Bertz CT molecular complexity index is 847. The molecule has 0 bridgehead atoms. The number of carboxylic acids is 1. The predicted molar refractivity (Wildman–Crippen MR) is 92.6 cm³/mol. The second kappa shape index (κ2) is 8.09. The summed E-state index contributed by atoms with van der Waals surface area (Å²) >= 11 is 0. The lowest BCUT2D eigenvalue weighted by Crippen LogP contribution is -2.12. The average molecular weight is 341 g/mol. The van der Waals surface area contributed by atoms with Crippen LogP contribution in [-0.2, 0) is 13.1 Å². The van der Waals surface area contributed by atoms with Gasteiger partial charge in [-0.1, -0.05) is 6.07 Å². The topological polar surface area (TPSA) is 131 Å². The molecular formula is C18H19N3O4. The first kappa shape index (κ1) is 18.2. The molecule has 0 amide bonds. The lowest BCUT2D eigenvalue weighted by molar-refractivity contribution is 0.0694. The minimum atomic E-state index is -1.18. The summed E-state index contributed by atoms with van der Waals surface area (Å²) in [5.74, 6) is -0.162. The molecule has 0 fully saturated rings. The zero-order valence-corrected chi connectivity index (χ0v) is 13.5. The fourth-order valence-electron chi connectivity index (χ4n) is 2.32. The van der Waals surface area contributed by atoms with Crippen LogP contribution in [-0.4, -0.2) is 21.2 Å². The summed E-state index contributed by atoms with van der Waals surface area (Å²) in [6, 6.07) is 11.8. The molecule has 25 heavy (non-hydrogen) atoms. The van der Waals surface area contributed by atoms with Crippen molar-refractivity contribution in [3.63, 3.8) is 0 Å². The number of phenols is 1. The Balaban J connectivity index is 0.00000225. The molecule has 0 saturated carbocycles. The zero-order chi connectivity index (χ0) is 16.9. The molecule has 7 nitrogen and oxygen atoms in total. The summed E-state index contributed by atoms with van der Waals surface area (Å²) in [6.45, 7) is 1.21. The number of pyridine rings is 1. The second-order valence-electron chi connectivity index (χ2n) is 5.27. The van der Waals surface area contributed by atoms with Crippen molar-refractivity contribution in [3.05, 3.63) is 71.7 Å². The standard InChI is InChI=1S/C18H16N2O4.H3N/c21-16-5-3-13(8-15(16)18(22)23)17-6-4-14(24-17)11-20-10-12-2-1-7-19-9-12;/h1-9,20-21H,10-11H2,(H,22,23);1H3. The van der Waals surface area contributed by atoms with E-state index in [1.807, 2.05) is 18.2 Å². The van der Waals surface area contributed by atoms with E-state index in [1.165, 1.54) is 12.1 Å². The Morgan fingerprint density at radius 1 is 1.16 bits per heavy atom. The molecule has 0 saturated heterocycles. The first-order valence-corrected chi connectivity index (χ1v) is 7.38. The number of carboxylic acid groups (broad SMARTS) is 1. The average Bonchev–Trinajstić information content (AvgIpc) is 3.05. The second-order valence-corrected chi connectivity index (χ2v) is 5.27. The van der Waals surface area contributed by atoms with Crippen LogP contribution in [0.5, 0.6) is 5.75 Å². The van der Waals surface area contributed by atoms with Crippen molar-refractivity contribution in [2.45, 2.75) is 13.1 Å². The van der Waals surface area contributed by atoms with Crippen LogP contribution >= 0.6 is 0 Å². The Hall–Kier alpha value is -3.16. The zero-order valence-electron chi connectivity index (χ0n) is 13.5. The van der Waals surface area contributed by atoms with Crippen molar-refractivity contribution in [2.24, 2.45) is 0 Å². The number of rotatable bonds is 6. The molecule has 7 heteroatoms. The number of hydrogen-bond donors (Lipinski definition) is 4. The van der Waals surface area contributed by atoms with Gasteiger partial charge in [-0.3, -0.25) is 4.98 Å². The highest BCUT2D eigenvalue weighted by molar-refractivity contribution is 5.92. The van der Waals surface area contributed by atoms with Crippen LogP contribution in [0.25, 0.3) is 11.3 Å². The van der Waals surface area contributed by atoms with Crippen molar-refractivity contribution in [1.29, 1.82) is 0 Å². The first-order valence-electron chi connectivity index (χ1n) is 7.38. The van der Waals surface area contributed by atoms with E-state index in [2.05, 4.69) is 10.3 Å². The van der Waals surface area contributed by atoms with Gasteiger partial charge in [-0.15, -0.1) is 0 Å². The summed E-state index contributed by atoms with van der Waals surface area (Å²) in [6.07, 6.45) is 3.52. The van der Waals surface area contributed by atoms with Gasteiger partial charge in [0.05, 0.1) is 6.54 Å². The molecule has 6 N–H and O–H groups in total. The number of aromatic carboxylic acids is 1. The van der Waals surface area contributed by atoms with Crippen LogP contribution in [0.2, 0.25) is 0 Å². The van der Waals surface area contributed by atoms with Crippen LogP contribution in [0.3, 0.4) is 0 Å². The van der Waals surface area contributed by atoms with E-state index in [4.69, 9.17) is 9.52 Å². The van der Waals surface area contributed by atoms with Gasteiger partial charge in [0.15, 0.2) is 0 Å². The highest BCUT2D eigenvalue weighted by atomic mass is 16.4. The Morgan fingerprint density at radius 2 is 2.00 bits per heavy atom. The van der Waals surface area contributed by atoms with Crippen LogP contribution in [0.1, 0.15) is 21.7 Å². The van der Waals surface area contributed by atoms with Crippen molar-refractivity contribution in [3.8, 4) is 17.1 Å². The lowest BCUT2D eigenvalue weighted by atomic mass is 10.1. The van der Waals surface area contributed by atoms with E-state index in [1.54, 1.807) is 24.5 Å². The Kier molecular flexibility index (Phi) is 5.89. The van der Waals surface area contributed by atoms with Gasteiger partial charge in [0, 0.05) is 24.5 Å². The maximum absolute atomic E-state index is 11.1. The molecule has 2 aromatic heterocycles. The SMILES string of the molecule is N.O=C(O)c1cc(-c2ccc(CNCc3cccnc3)o2)ccc1O. The van der Waals surface area contributed by atoms with Gasteiger partial charge >= 0.3 is 5.97 Å². The van der Waals surface area contributed by atoms with Gasteiger partial charge < -0.3 is 26.1 Å².